The Bertz CT molecular complexity index is 148. The van der Waals surface area contributed by atoms with Gasteiger partial charge < -0.3 is 0 Å². The minimum absolute atomic E-state index is 0.898. The van der Waals surface area contributed by atoms with Crippen molar-refractivity contribution in [1.82, 2.24) is 0 Å². The highest BCUT2D eigenvalue weighted by molar-refractivity contribution is 9.09. The van der Waals surface area contributed by atoms with Crippen LogP contribution in [0, 0.1) is 23.7 Å². The largest absolute Gasteiger partial charge is 0.0885 e. The molecule has 4 aliphatic rings. The maximum absolute atomic E-state index is 3.88. The summed E-state index contributed by atoms with van der Waals surface area (Å²) < 4.78 is 0. The van der Waals surface area contributed by atoms with Crippen LogP contribution in [-0.4, -0.2) is 4.83 Å². The first-order valence-corrected chi connectivity index (χ1v) is 5.88. The van der Waals surface area contributed by atoms with E-state index in [1.807, 2.05) is 0 Å². The van der Waals surface area contributed by atoms with E-state index in [-0.39, 0.29) is 0 Å². The Labute approximate surface area is 76.9 Å². The molecule has 0 spiro atoms. The molecule has 62 valence electrons. The predicted octanol–water partition coefficient (Wildman–Crippen LogP) is 3.21. The van der Waals surface area contributed by atoms with Gasteiger partial charge in [0.2, 0.25) is 0 Å². The molecule has 0 saturated heterocycles. The van der Waals surface area contributed by atoms with Gasteiger partial charge in [-0.3, -0.25) is 0 Å². The summed E-state index contributed by atoms with van der Waals surface area (Å²) in [6, 6.07) is 0. The fourth-order valence-corrected chi connectivity index (χ4v) is 4.72. The van der Waals surface area contributed by atoms with E-state index in [1.54, 1.807) is 32.1 Å². The number of halogens is 1. The lowest BCUT2D eigenvalue weighted by Crippen LogP contribution is -2.45. The van der Waals surface area contributed by atoms with E-state index in [0.29, 0.717) is 0 Å². The van der Waals surface area contributed by atoms with Crippen molar-refractivity contribution >= 4 is 15.9 Å². The molecule has 0 nitrogen and oxygen atoms in total. The molecule has 0 heterocycles. The van der Waals surface area contributed by atoms with Crippen LogP contribution in [0.4, 0.5) is 0 Å². The first-order valence-electron chi connectivity index (χ1n) is 4.97. The average molecular weight is 215 g/mol. The summed E-state index contributed by atoms with van der Waals surface area (Å²) in [4.78, 5) is 0.898. The van der Waals surface area contributed by atoms with Crippen LogP contribution >= 0.6 is 15.9 Å². The maximum Gasteiger partial charge on any atom is 0.0202 e. The van der Waals surface area contributed by atoms with Crippen molar-refractivity contribution in [2.45, 2.75) is 36.9 Å². The molecular formula is C10H15Br. The van der Waals surface area contributed by atoms with Crippen LogP contribution in [0.1, 0.15) is 32.1 Å². The molecular weight excluding hydrogens is 200 g/mol. The van der Waals surface area contributed by atoms with Gasteiger partial charge in [-0.05, 0) is 55.8 Å². The molecule has 0 unspecified atom stereocenters. The fourth-order valence-electron chi connectivity index (χ4n) is 3.86. The van der Waals surface area contributed by atoms with Crippen molar-refractivity contribution in [2.24, 2.45) is 23.7 Å². The van der Waals surface area contributed by atoms with Gasteiger partial charge in [-0.2, -0.15) is 0 Å². The minimum Gasteiger partial charge on any atom is -0.0885 e. The summed E-state index contributed by atoms with van der Waals surface area (Å²) in [6.07, 6.45) is 7.75. The summed E-state index contributed by atoms with van der Waals surface area (Å²) in [5.74, 6) is 4.38. The molecule has 0 aromatic heterocycles. The van der Waals surface area contributed by atoms with E-state index in [9.17, 15) is 0 Å². The second-order valence-electron chi connectivity index (χ2n) is 4.88. The Hall–Kier alpha value is 0.480. The molecule has 0 atom stereocenters. The van der Waals surface area contributed by atoms with E-state index in [2.05, 4.69) is 15.9 Å². The Kier molecular flexibility index (Phi) is 1.42. The third-order valence-electron chi connectivity index (χ3n) is 4.11. The maximum atomic E-state index is 3.88. The van der Waals surface area contributed by atoms with Crippen LogP contribution in [0.2, 0.25) is 0 Å². The Morgan fingerprint density at radius 2 is 1.18 bits per heavy atom. The van der Waals surface area contributed by atoms with Crippen LogP contribution in [0.5, 0.6) is 0 Å². The van der Waals surface area contributed by atoms with Crippen molar-refractivity contribution in [3.05, 3.63) is 0 Å². The molecule has 4 aliphatic carbocycles. The number of rotatable bonds is 0. The summed E-state index contributed by atoms with van der Waals surface area (Å²) in [5, 5.41) is 0. The van der Waals surface area contributed by atoms with E-state index < -0.39 is 0 Å². The molecule has 4 bridgehead atoms. The summed E-state index contributed by atoms with van der Waals surface area (Å²) >= 11 is 3.88. The molecule has 0 aliphatic heterocycles. The SMILES string of the molecule is BrC1C2CC3CC(C2)CC1C3. The number of hydrogen-bond acceptors (Lipinski definition) is 0. The van der Waals surface area contributed by atoms with Gasteiger partial charge in [-0.15, -0.1) is 0 Å². The van der Waals surface area contributed by atoms with Gasteiger partial charge in [0.05, 0.1) is 0 Å². The van der Waals surface area contributed by atoms with Gasteiger partial charge in [0, 0.05) is 4.83 Å². The first-order chi connectivity index (χ1) is 5.33. The van der Waals surface area contributed by atoms with Crippen molar-refractivity contribution in [1.29, 1.82) is 0 Å². The smallest absolute Gasteiger partial charge is 0.0202 e. The van der Waals surface area contributed by atoms with E-state index in [0.717, 1.165) is 28.5 Å². The van der Waals surface area contributed by atoms with Crippen molar-refractivity contribution in [3.63, 3.8) is 0 Å². The van der Waals surface area contributed by atoms with Crippen LogP contribution < -0.4 is 0 Å². The van der Waals surface area contributed by atoms with Crippen molar-refractivity contribution in [3.8, 4) is 0 Å². The summed E-state index contributed by atoms with van der Waals surface area (Å²) in [5.41, 5.74) is 0. The van der Waals surface area contributed by atoms with Gasteiger partial charge in [0.1, 0.15) is 0 Å². The highest BCUT2D eigenvalue weighted by atomic mass is 79.9. The Morgan fingerprint density at radius 3 is 1.64 bits per heavy atom. The molecule has 4 fully saturated rings. The van der Waals surface area contributed by atoms with E-state index >= 15 is 0 Å². The van der Waals surface area contributed by atoms with E-state index in [4.69, 9.17) is 0 Å². The standard InChI is InChI=1S/C10H15Br/c11-10-8-2-6-1-7(4-8)5-9(10)3-6/h6-10H,1-5H2. The average Bonchev–Trinajstić information content (AvgIpc) is 1.98. The molecule has 0 aromatic carbocycles. The van der Waals surface area contributed by atoms with Crippen LogP contribution in [0.3, 0.4) is 0 Å². The first kappa shape index (κ1) is 6.94. The van der Waals surface area contributed by atoms with Crippen molar-refractivity contribution < 1.29 is 0 Å². The third kappa shape index (κ3) is 0.929. The highest BCUT2D eigenvalue weighted by Gasteiger charge is 2.46. The van der Waals surface area contributed by atoms with Gasteiger partial charge >= 0.3 is 0 Å². The Balaban J connectivity index is 1.91. The molecule has 0 radical (unpaired) electrons. The summed E-state index contributed by atoms with van der Waals surface area (Å²) in [7, 11) is 0. The second-order valence-corrected chi connectivity index (χ2v) is 5.93. The molecule has 11 heavy (non-hydrogen) atoms. The number of hydrogen-bond donors (Lipinski definition) is 0. The zero-order chi connectivity index (χ0) is 7.42. The van der Waals surface area contributed by atoms with E-state index in [1.165, 1.54) is 0 Å². The Morgan fingerprint density at radius 1 is 0.727 bits per heavy atom. The quantitative estimate of drug-likeness (QED) is 0.544. The molecule has 4 saturated carbocycles. The van der Waals surface area contributed by atoms with Gasteiger partial charge in [0.25, 0.3) is 0 Å². The monoisotopic (exact) mass is 214 g/mol. The zero-order valence-corrected chi connectivity index (χ0v) is 8.39. The molecule has 0 N–H and O–H groups in total. The highest BCUT2D eigenvalue weighted by Crippen LogP contribution is 2.55. The summed E-state index contributed by atoms with van der Waals surface area (Å²) in [6.45, 7) is 0. The lowest BCUT2D eigenvalue weighted by atomic mass is 9.56. The number of alkyl halides is 1. The van der Waals surface area contributed by atoms with Crippen LogP contribution in [0.25, 0.3) is 0 Å². The van der Waals surface area contributed by atoms with Crippen LogP contribution in [0.15, 0.2) is 0 Å². The zero-order valence-electron chi connectivity index (χ0n) is 6.80. The lowest BCUT2D eigenvalue weighted by Gasteiger charge is -2.52. The fraction of sp³-hybridized carbons (Fsp3) is 1.00. The molecule has 4 rings (SSSR count). The van der Waals surface area contributed by atoms with Gasteiger partial charge in [-0.25, -0.2) is 0 Å². The van der Waals surface area contributed by atoms with Gasteiger partial charge in [0.15, 0.2) is 0 Å². The van der Waals surface area contributed by atoms with Crippen LogP contribution in [-0.2, 0) is 0 Å². The molecule has 0 aromatic rings. The predicted molar refractivity (Wildman–Crippen MR) is 49.8 cm³/mol. The van der Waals surface area contributed by atoms with Gasteiger partial charge in [-0.1, -0.05) is 15.9 Å². The molecule has 0 amide bonds. The minimum atomic E-state index is 0.898. The van der Waals surface area contributed by atoms with Crippen molar-refractivity contribution in [2.75, 3.05) is 0 Å². The second kappa shape index (κ2) is 2.25. The topological polar surface area (TPSA) is 0 Å². The lowest BCUT2D eigenvalue weighted by molar-refractivity contribution is 0.0288. The molecule has 1 heteroatoms. The third-order valence-corrected chi connectivity index (χ3v) is 5.61. The normalized spacial score (nSPS) is 60.3.